The van der Waals surface area contributed by atoms with Crippen LogP contribution in [-0.2, 0) is 28.6 Å². The Hall–Kier alpha value is -2.89. The number of carbonyl (C=O) groups is 3. The van der Waals surface area contributed by atoms with Crippen molar-refractivity contribution in [3.8, 4) is 0 Å². The van der Waals surface area contributed by atoms with Crippen LogP contribution in [0.4, 0.5) is 0 Å². The Morgan fingerprint density at radius 2 is 0.609 bits per heavy atom. The monoisotopic (exact) mass is 895 g/mol. The van der Waals surface area contributed by atoms with Crippen LogP contribution in [0, 0.1) is 0 Å². The molecule has 0 aliphatic heterocycles. The topological polar surface area (TPSA) is 78.9 Å². The van der Waals surface area contributed by atoms with Gasteiger partial charge in [-0.05, 0) is 103 Å². The molecule has 0 saturated carbocycles. The summed E-state index contributed by atoms with van der Waals surface area (Å²) >= 11 is 0. The van der Waals surface area contributed by atoms with Gasteiger partial charge in [0.2, 0.25) is 0 Å². The van der Waals surface area contributed by atoms with E-state index in [-0.39, 0.29) is 31.1 Å². The molecule has 1 atom stereocenters. The molecule has 0 aliphatic carbocycles. The van der Waals surface area contributed by atoms with Crippen LogP contribution in [-0.4, -0.2) is 37.2 Å². The Morgan fingerprint density at radius 1 is 0.328 bits per heavy atom. The van der Waals surface area contributed by atoms with Gasteiger partial charge in [0.15, 0.2) is 6.10 Å². The molecule has 0 amide bonds. The molecule has 0 N–H and O–H groups in total. The Balaban J connectivity index is 4.39. The molecule has 0 heterocycles. The zero-order chi connectivity index (χ0) is 46.5. The molecule has 6 nitrogen and oxygen atoms in total. The highest BCUT2D eigenvalue weighted by Crippen LogP contribution is 2.15. The Morgan fingerprint density at radius 3 is 1.00 bits per heavy atom. The van der Waals surface area contributed by atoms with Gasteiger partial charge in [-0.25, -0.2) is 0 Å². The fourth-order valence-electron chi connectivity index (χ4n) is 7.62. The number of allylic oxidation sites excluding steroid dienone is 10. The van der Waals surface area contributed by atoms with Gasteiger partial charge in [0.05, 0.1) is 0 Å². The van der Waals surface area contributed by atoms with E-state index in [4.69, 9.17) is 14.2 Å². The summed E-state index contributed by atoms with van der Waals surface area (Å²) < 4.78 is 16.8. The zero-order valence-electron chi connectivity index (χ0n) is 42.3. The third-order valence-electron chi connectivity index (χ3n) is 11.7. The fraction of sp³-hybridized carbons (Fsp3) is 0.776. The molecule has 0 bridgehead atoms. The van der Waals surface area contributed by atoms with E-state index in [9.17, 15) is 14.4 Å². The molecular weight excluding hydrogens is 793 g/mol. The second kappa shape index (κ2) is 52.7. The van der Waals surface area contributed by atoms with E-state index in [0.717, 1.165) is 77.0 Å². The second-order valence-corrected chi connectivity index (χ2v) is 18.1. The third kappa shape index (κ3) is 50.1. The fourth-order valence-corrected chi connectivity index (χ4v) is 7.62. The number of hydrogen-bond donors (Lipinski definition) is 0. The molecule has 0 spiro atoms. The number of hydrogen-bond acceptors (Lipinski definition) is 6. The highest BCUT2D eigenvalue weighted by atomic mass is 16.6. The van der Waals surface area contributed by atoms with Crippen molar-refractivity contribution in [2.75, 3.05) is 13.2 Å². The average Bonchev–Trinajstić information content (AvgIpc) is 3.29. The van der Waals surface area contributed by atoms with Crippen LogP contribution >= 0.6 is 0 Å². The standard InChI is InChI=1S/C58H102O6/c1-4-7-10-13-16-19-22-25-27-29-31-33-36-39-42-45-48-51-57(60)63-54-55(53-62-56(59)50-47-44-41-38-35-24-21-18-15-12-9-6-3)64-58(61)52-49-46-43-40-37-34-32-30-28-26-23-20-17-14-11-8-5-2/h9,12,18,21,25-28,35,38,55H,4-8,10-11,13-17,19-20,22-24,29-34,36-37,39-54H2,1-3H3/b12-9-,21-18-,27-25-,28-26-,38-35-. The van der Waals surface area contributed by atoms with Crippen LogP contribution in [0.5, 0.6) is 0 Å². The van der Waals surface area contributed by atoms with Crippen molar-refractivity contribution in [1.82, 2.24) is 0 Å². The summed E-state index contributed by atoms with van der Waals surface area (Å²) in [7, 11) is 0. The predicted molar refractivity (Wildman–Crippen MR) is 275 cm³/mol. The maximum atomic E-state index is 12.8. The molecule has 0 rings (SSSR count). The smallest absolute Gasteiger partial charge is 0.306 e. The minimum Gasteiger partial charge on any atom is -0.462 e. The van der Waals surface area contributed by atoms with Crippen LogP contribution in [0.3, 0.4) is 0 Å². The van der Waals surface area contributed by atoms with E-state index in [1.54, 1.807) is 0 Å². The molecule has 0 aromatic heterocycles. The van der Waals surface area contributed by atoms with Crippen molar-refractivity contribution >= 4 is 17.9 Å². The second-order valence-electron chi connectivity index (χ2n) is 18.1. The van der Waals surface area contributed by atoms with Crippen molar-refractivity contribution in [3.63, 3.8) is 0 Å². The average molecular weight is 895 g/mol. The van der Waals surface area contributed by atoms with Gasteiger partial charge in [0.1, 0.15) is 13.2 Å². The maximum absolute atomic E-state index is 12.8. The Labute approximate surface area is 396 Å². The first-order valence-corrected chi connectivity index (χ1v) is 27.3. The van der Waals surface area contributed by atoms with E-state index in [2.05, 4.69) is 81.5 Å². The molecular formula is C58H102O6. The molecule has 0 aromatic rings. The SMILES string of the molecule is CC/C=C\C/C=C\C/C=C\CCCCC(=O)OCC(COC(=O)CCCCCCCCC/C=C\CCCCCCCC)OC(=O)CCCCCCCCC/C=C\CCCCCCCC. The molecule has 0 saturated heterocycles. The molecule has 0 radical (unpaired) electrons. The van der Waals surface area contributed by atoms with Gasteiger partial charge in [0, 0.05) is 19.3 Å². The molecule has 1 unspecified atom stereocenters. The summed E-state index contributed by atoms with van der Waals surface area (Å²) in [5.74, 6) is -0.933. The predicted octanol–water partition coefficient (Wildman–Crippen LogP) is 18.0. The van der Waals surface area contributed by atoms with E-state index < -0.39 is 6.10 Å². The van der Waals surface area contributed by atoms with E-state index in [0.29, 0.717) is 19.3 Å². The first-order valence-electron chi connectivity index (χ1n) is 27.3. The van der Waals surface area contributed by atoms with Crippen molar-refractivity contribution in [1.29, 1.82) is 0 Å². The molecule has 0 aromatic carbocycles. The highest BCUT2D eigenvalue weighted by Gasteiger charge is 2.19. The van der Waals surface area contributed by atoms with Gasteiger partial charge < -0.3 is 14.2 Å². The van der Waals surface area contributed by atoms with Gasteiger partial charge in [-0.15, -0.1) is 0 Å². The first-order chi connectivity index (χ1) is 31.5. The van der Waals surface area contributed by atoms with E-state index >= 15 is 0 Å². The van der Waals surface area contributed by atoms with Gasteiger partial charge in [0.25, 0.3) is 0 Å². The summed E-state index contributed by atoms with van der Waals surface area (Å²) in [5.41, 5.74) is 0. The lowest BCUT2D eigenvalue weighted by Crippen LogP contribution is -2.30. The van der Waals surface area contributed by atoms with E-state index in [1.165, 1.54) is 154 Å². The van der Waals surface area contributed by atoms with Crippen molar-refractivity contribution in [2.45, 2.75) is 277 Å². The lowest BCUT2D eigenvalue weighted by molar-refractivity contribution is -0.167. The summed E-state index contributed by atoms with van der Waals surface area (Å²) in [5, 5.41) is 0. The molecule has 64 heavy (non-hydrogen) atoms. The largest absolute Gasteiger partial charge is 0.462 e. The maximum Gasteiger partial charge on any atom is 0.306 e. The zero-order valence-corrected chi connectivity index (χ0v) is 42.3. The van der Waals surface area contributed by atoms with Crippen LogP contribution in [0.2, 0.25) is 0 Å². The number of rotatable bonds is 49. The van der Waals surface area contributed by atoms with Gasteiger partial charge in [-0.3, -0.25) is 14.4 Å². The first kappa shape index (κ1) is 61.1. The lowest BCUT2D eigenvalue weighted by Gasteiger charge is -2.18. The van der Waals surface area contributed by atoms with Gasteiger partial charge >= 0.3 is 17.9 Å². The van der Waals surface area contributed by atoms with Crippen molar-refractivity contribution in [3.05, 3.63) is 60.8 Å². The molecule has 0 fully saturated rings. The number of esters is 3. The van der Waals surface area contributed by atoms with E-state index in [1.807, 2.05) is 0 Å². The molecule has 370 valence electrons. The Kier molecular flexibility index (Phi) is 50.4. The van der Waals surface area contributed by atoms with Crippen LogP contribution in [0.15, 0.2) is 60.8 Å². The summed E-state index contributed by atoms with van der Waals surface area (Å²) in [4.78, 5) is 38.0. The minimum absolute atomic E-state index is 0.0897. The minimum atomic E-state index is -0.793. The number of carbonyl (C=O) groups excluding carboxylic acids is 3. The highest BCUT2D eigenvalue weighted by molar-refractivity contribution is 5.71. The quantitative estimate of drug-likeness (QED) is 0.0262. The number of ether oxygens (including phenoxy) is 3. The Bertz CT molecular complexity index is 1170. The van der Waals surface area contributed by atoms with Gasteiger partial charge in [-0.1, -0.05) is 210 Å². The van der Waals surface area contributed by atoms with Crippen molar-refractivity contribution < 1.29 is 28.6 Å². The molecule has 0 aliphatic rings. The normalized spacial score (nSPS) is 12.5. The van der Waals surface area contributed by atoms with Crippen LogP contribution in [0.1, 0.15) is 271 Å². The van der Waals surface area contributed by atoms with Crippen molar-refractivity contribution in [2.24, 2.45) is 0 Å². The third-order valence-corrected chi connectivity index (χ3v) is 11.7. The number of unbranched alkanes of at least 4 members (excludes halogenated alkanes) is 28. The lowest BCUT2D eigenvalue weighted by atomic mass is 10.1. The summed E-state index contributed by atoms with van der Waals surface area (Å²) in [6.07, 6.45) is 65.0. The van der Waals surface area contributed by atoms with Crippen LogP contribution < -0.4 is 0 Å². The van der Waals surface area contributed by atoms with Gasteiger partial charge in [-0.2, -0.15) is 0 Å². The summed E-state index contributed by atoms with van der Waals surface area (Å²) in [6, 6.07) is 0. The summed E-state index contributed by atoms with van der Waals surface area (Å²) in [6.45, 7) is 6.49. The van der Waals surface area contributed by atoms with Crippen LogP contribution in [0.25, 0.3) is 0 Å². The molecule has 6 heteroatoms.